The number of furan rings is 1. The Morgan fingerprint density at radius 1 is 0.714 bits per heavy atom. The van der Waals surface area contributed by atoms with Gasteiger partial charge >= 0.3 is 0 Å². The van der Waals surface area contributed by atoms with Crippen molar-refractivity contribution in [2.24, 2.45) is 0 Å². The van der Waals surface area contributed by atoms with Gasteiger partial charge in [0.2, 0.25) is 5.91 Å². The van der Waals surface area contributed by atoms with Crippen LogP contribution in [0, 0.1) is 0 Å². The van der Waals surface area contributed by atoms with Crippen LogP contribution in [0.4, 0.5) is 0 Å². The summed E-state index contributed by atoms with van der Waals surface area (Å²) >= 11 is 0. The Morgan fingerprint density at radius 2 is 1.36 bits per heavy atom. The number of nitrogens with zero attached hydrogens (tertiary/aromatic N) is 3. The van der Waals surface area contributed by atoms with E-state index < -0.39 is 0 Å². The average Bonchev–Trinajstić information content (AvgIpc) is 3.57. The lowest BCUT2D eigenvalue weighted by Gasteiger charge is -2.40. The lowest BCUT2D eigenvalue weighted by Crippen LogP contribution is -2.50. The number of rotatable bonds is 9. The van der Waals surface area contributed by atoms with Gasteiger partial charge in [0, 0.05) is 44.7 Å². The third-order valence-corrected chi connectivity index (χ3v) is 8.09. The average molecular weight is 558 g/mol. The second-order valence-corrected chi connectivity index (χ2v) is 10.7. The van der Waals surface area contributed by atoms with Crippen molar-refractivity contribution in [3.05, 3.63) is 144 Å². The van der Waals surface area contributed by atoms with Crippen LogP contribution in [0.25, 0.3) is 10.8 Å². The highest BCUT2D eigenvalue weighted by Crippen LogP contribution is 2.29. The van der Waals surface area contributed by atoms with E-state index in [1.807, 2.05) is 71.6 Å². The summed E-state index contributed by atoms with van der Waals surface area (Å²) < 4.78 is 5.57. The quantitative estimate of drug-likeness (QED) is 0.211. The van der Waals surface area contributed by atoms with Crippen molar-refractivity contribution in [2.75, 3.05) is 32.7 Å². The Bertz CT molecular complexity index is 1570. The smallest absolute Gasteiger partial charge is 0.254 e. The summed E-state index contributed by atoms with van der Waals surface area (Å²) in [7, 11) is 0. The fourth-order valence-electron chi connectivity index (χ4n) is 5.93. The molecule has 0 bridgehead atoms. The van der Waals surface area contributed by atoms with Crippen LogP contribution in [-0.2, 0) is 11.3 Å². The molecule has 6 heteroatoms. The number of fused-ring (bicyclic) bond motifs is 1. The van der Waals surface area contributed by atoms with Crippen LogP contribution in [0.5, 0.6) is 0 Å². The predicted molar refractivity (Wildman–Crippen MR) is 165 cm³/mol. The molecule has 2 heterocycles. The zero-order chi connectivity index (χ0) is 28.7. The number of amides is 2. The summed E-state index contributed by atoms with van der Waals surface area (Å²) in [6.07, 6.45) is 1.87. The van der Waals surface area contributed by atoms with E-state index in [0.717, 1.165) is 23.9 Å². The minimum atomic E-state index is -0.102. The maximum atomic E-state index is 13.8. The van der Waals surface area contributed by atoms with E-state index >= 15 is 0 Å². The van der Waals surface area contributed by atoms with Crippen LogP contribution < -0.4 is 0 Å². The molecular formula is C36H35N3O3. The van der Waals surface area contributed by atoms with Gasteiger partial charge in [-0.15, -0.1) is 0 Å². The SMILES string of the molecule is O=C(CCN(Cc1ccco1)C(=O)c1cccc2ccccc12)N1CCN(C(c2ccccc2)c2ccccc2)CC1. The van der Waals surface area contributed by atoms with Crippen molar-refractivity contribution in [3.8, 4) is 0 Å². The standard InChI is InChI=1S/C36H35N3O3/c40-34(37-22-24-38(25-23-37)35(29-12-3-1-4-13-29)30-14-5-2-6-15-30)20-21-39(27-31-17-10-26-42-31)36(41)33-19-9-16-28-11-7-8-18-32(28)33/h1-19,26,35H,20-25,27H2. The largest absolute Gasteiger partial charge is 0.467 e. The monoisotopic (exact) mass is 557 g/mol. The maximum Gasteiger partial charge on any atom is 0.254 e. The molecule has 6 nitrogen and oxygen atoms in total. The van der Waals surface area contributed by atoms with Crippen LogP contribution in [0.2, 0.25) is 0 Å². The molecule has 1 saturated heterocycles. The molecule has 0 atom stereocenters. The fraction of sp³-hybridized carbons (Fsp3) is 0.222. The molecule has 1 aliphatic rings. The van der Waals surface area contributed by atoms with Crippen molar-refractivity contribution in [1.29, 1.82) is 0 Å². The Morgan fingerprint density at radius 3 is 2.02 bits per heavy atom. The lowest BCUT2D eigenvalue weighted by molar-refractivity contribution is -0.133. The zero-order valence-corrected chi connectivity index (χ0v) is 23.6. The first-order valence-electron chi connectivity index (χ1n) is 14.6. The minimum Gasteiger partial charge on any atom is -0.467 e. The minimum absolute atomic E-state index is 0.0702. The first-order valence-corrected chi connectivity index (χ1v) is 14.6. The highest BCUT2D eigenvalue weighted by molar-refractivity contribution is 6.07. The Balaban J connectivity index is 1.13. The summed E-state index contributed by atoms with van der Waals surface area (Å²) in [5.41, 5.74) is 3.14. The summed E-state index contributed by atoms with van der Waals surface area (Å²) in [4.78, 5) is 33.4. The van der Waals surface area contributed by atoms with Crippen LogP contribution in [0.1, 0.15) is 39.7 Å². The van der Waals surface area contributed by atoms with E-state index in [0.29, 0.717) is 37.5 Å². The van der Waals surface area contributed by atoms with Gasteiger partial charge in [-0.2, -0.15) is 0 Å². The lowest BCUT2D eigenvalue weighted by atomic mass is 9.96. The van der Waals surface area contributed by atoms with Crippen molar-refractivity contribution < 1.29 is 14.0 Å². The molecule has 1 aromatic heterocycles. The first kappa shape index (κ1) is 27.5. The molecule has 0 radical (unpaired) electrons. The third-order valence-electron chi connectivity index (χ3n) is 8.09. The summed E-state index contributed by atoms with van der Waals surface area (Å²) in [6.45, 7) is 3.51. The third kappa shape index (κ3) is 6.14. The molecule has 0 saturated carbocycles. The molecular weight excluding hydrogens is 522 g/mol. The molecule has 6 rings (SSSR count). The van der Waals surface area contributed by atoms with Gasteiger partial charge < -0.3 is 14.2 Å². The fourth-order valence-corrected chi connectivity index (χ4v) is 5.93. The van der Waals surface area contributed by atoms with Gasteiger partial charge in [-0.1, -0.05) is 97.1 Å². The van der Waals surface area contributed by atoms with Crippen molar-refractivity contribution in [1.82, 2.24) is 14.7 Å². The van der Waals surface area contributed by atoms with Gasteiger partial charge in [0.1, 0.15) is 5.76 Å². The van der Waals surface area contributed by atoms with Gasteiger partial charge in [0.15, 0.2) is 0 Å². The topological polar surface area (TPSA) is 57.0 Å². The molecule has 1 fully saturated rings. The van der Waals surface area contributed by atoms with Gasteiger partial charge in [-0.05, 0) is 40.1 Å². The van der Waals surface area contributed by atoms with Gasteiger partial charge in [0.25, 0.3) is 5.91 Å². The Kier molecular flexibility index (Phi) is 8.43. The molecule has 42 heavy (non-hydrogen) atoms. The van der Waals surface area contributed by atoms with Gasteiger partial charge in [-0.3, -0.25) is 14.5 Å². The number of hydrogen-bond donors (Lipinski definition) is 0. The van der Waals surface area contributed by atoms with E-state index in [-0.39, 0.29) is 24.3 Å². The second kappa shape index (κ2) is 12.9. The van der Waals surface area contributed by atoms with Crippen molar-refractivity contribution in [2.45, 2.75) is 19.0 Å². The number of hydrogen-bond acceptors (Lipinski definition) is 4. The summed E-state index contributed by atoms with van der Waals surface area (Å²) in [5.74, 6) is 0.660. The normalized spacial score (nSPS) is 13.9. The number of carbonyl (C=O) groups excluding carboxylic acids is 2. The van der Waals surface area contributed by atoms with Crippen LogP contribution in [0.15, 0.2) is 126 Å². The number of piperazine rings is 1. The highest BCUT2D eigenvalue weighted by Gasteiger charge is 2.29. The van der Waals surface area contributed by atoms with Crippen LogP contribution in [-0.4, -0.2) is 59.2 Å². The van der Waals surface area contributed by atoms with Crippen LogP contribution >= 0.6 is 0 Å². The summed E-state index contributed by atoms with van der Waals surface area (Å²) in [5, 5.41) is 1.92. The molecule has 0 N–H and O–H groups in total. The molecule has 5 aromatic rings. The predicted octanol–water partition coefficient (Wildman–Crippen LogP) is 6.40. The van der Waals surface area contributed by atoms with E-state index in [1.165, 1.54) is 11.1 Å². The number of benzene rings is 4. The van der Waals surface area contributed by atoms with E-state index in [4.69, 9.17) is 4.42 Å². The molecule has 1 aliphatic heterocycles. The van der Waals surface area contributed by atoms with Gasteiger partial charge in [0.05, 0.1) is 18.8 Å². The molecule has 2 amide bonds. The van der Waals surface area contributed by atoms with Crippen molar-refractivity contribution in [3.63, 3.8) is 0 Å². The molecule has 0 unspecified atom stereocenters. The van der Waals surface area contributed by atoms with E-state index in [1.54, 1.807) is 11.2 Å². The molecule has 4 aromatic carbocycles. The zero-order valence-electron chi connectivity index (χ0n) is 23.6. The first-order chi connectivity index (χ1) is 20.7. The molecule has 212 valence electrons. The van der Waals surface area contributed by atoms with Crippen LogP contribution in [0.3, 0.4) is 0 Å². The second-order valence-electron chi connectivity index (χ2n) is 10.7. The van der Waals surface area contributed by atoms with E-state index in [9.17, 15) is 9.59 Å². The Hall–Kier alpha value is -4.68. The van der Waals surface area contributed by atoms with Crippen molar-refractivity contribution >= 4 is 22.6 Å². The maximum absolute atomic E-state index is 13.8. The van der Waals surface area contributed by atoms with E-state index in [2.05, 4.69) is 53.4 Å². The molecule has 0 spiro atoms. The molecule has 0 aliphatic carbocycles. The van der Waals surface area contributed by atoms with Gasteiger partial charge in [-0.25, -0.2) is 0 Å². The number of carbonyl (C=O) groups is 2. The summed E-state index contributed by atoms with van der Waals surface area (Å²) in [6, 6.07) is 38.6. The highest BCUT2D eigenvalue weighted by atomic mass is 16.3. The Labute approximate surface area is 246 Å².